The average Bonchev–Trinajstić information content (AvgIpc) is 1.47. The molecule has 0 bridgehead atoms. The number of hydrogen-bond donors (Lipinski definition) is 6. The molecule has 6 N–H and O–H groups in total. The van der Waals surface area contributed by atoms with Gasteiger partial charge in [-0.1, -0.05) is 18.2 Å². The molecule has 0 radical (unpaired) electrons. The lowest BCUT2D eigenvalue weighted by atomic mass is 10.1. The standard InChI is InChI=1S/C53H44N10O11S2.2O3S/c1-29-22-39(14-18-42(29)58-56-38-15-19-43(30(2)23-38)59-63-47-28-41-34(27-49(47)76(72,73)74)6-5-7-48(41)75(69,70)71)57-61-45-24-32(4)46(25-31(45)3)62-60-44-17-10-35-26-37(13-16-40(35)52(44)67)55-53(68)33-8-11-36(12-9-33)54-50(64)20-21-51(65)66;2*1-4(2)3/h5-19,22-28,67H,20-21H2,1-4H3,(H,54,64)(H,55,68)(H,65,66)(H,69,70,71)(H,72,73,74);;. The second-order valence-electron chi connectivity index (χ2n) is 17.7. The van der Waals surface area contributed by atoms with Crippen LogP contribution in [-0.2, 0) is 51.0 Å². The van der Waals surface area contributed by atoms with Gasteiger partial charge in [0.1, 0.15) is 21.2 Å². The van der Waals surface area contributed by atoms with Gasteiger partial charge < -0.3 is 20.8 Å². The molecule has 0 unspecified atom stereocenters. The minimum Gasteiger partial charge on any atom is -0.505 e. The fourth-order valence-corrected chi connectivity index (χ4v) is 9.00. The minimum atomic E-state index is -4.81. The normalized spacial score (nSPS) is 11.6. The smallest absolute Gasteiger partial charge is 0.425 e. The van der Waals surface area contributed by atoms with Gasteiger partial charge in [-0.15, -0.1) is 35.5 Å². The van der Waals surface area contributed by atoms with Gasteiger partial charge in [-0.05, 0) is 176 Å². The fraction of sp³-hybridized carbons (Fsp3) is 0.113. The third-order valence-electron chi connectivity index (χ3n) is 11.7. The summed E-state index contributed by atoms with van der Waals surface area (Å²) in [5.74, 6) is -2.03. The van der Waals surface area contributed by atoms with E-state index in [1.165, 1.54) is 24.3 Å². The van der Waals surface area contributed by atoms with Crippen molar-refractivity contribution in [1.82, 2.24) is 0 Å². The Morgan fingerprint density at radius 3 is 1.45 bits per heavy atom. The molecule has 0 saturated carbocycles. The number of phenols is 1. The summed E-state index contributed by atoms with van der Waals surface area (Å²) in [6.07, 6.45) is -0.464. The van der Waals surface area contributed by atoms with Crippen molar-refractivity contribution < 1.29 is 75.8 Å². The van der Waals surface area contributed by atoms with Crippen LogP contribution in [0.5, 0.6) is 5.75 Å². The lowest BCUT2D eigenvalue weighted by molar-refractivity contribution is -0.138. The molecule has 0 aliphatic rings. The molecule has 0 fully saturated rings. The topological polar surface area (TPSA) is 426 Å². The number of aliphatic carboxylic acids is 1. The summed E-state index contributed by atoms with van der Waals surface area (Å²) in [6, 6.07) is 34.4. The number of aromatic hydroxyl groups is 1. The number of carbonyl (C=O) groups excluding carboxylic acids is 2. The second kappa shape index (κ2) is 27.6. The average molecular weight is 1220 g/mol. The number of amides is 2. The Bertz CT molecular complexity index is 4500. The molecule has 0 aliphatic heterocycles. The minimum absolute atomic E-state index is 0.0243. The first-order valence-electron chi connectivity index (χ1n) is 23.8. The van der Waals surface area contributed by atoms with Crippen LogP contribution in [0.4, 0.5) is 56.9 Å². The van der Waals surface area contributed by atoms with E-state index in [4.69, 9.17) is 30.4 Å². The lowest BCUT2D eigenvalue weighted by Gasteiger charge is -2.10. The number of nitrogens with zero attached hydrogens (tertiary/aromatic N) is 8. The summed E-state index contributed by atoms with van der Waals surface area (Å²) in [4.78, 5) is 34.6. The summed E-state index contributed by atoms with van der Waals surface area (Å²) < 4.78 is 119. The Hall–Kier alpha value is -10.0. The van der Waals surface area contributed by atoms with Crippen LogP contribution in [0.2, 0.25) is 0 Å². The number of carbonyl (C=O) groups is 3. The van der Waals surface area contributed by atoms with E-state index >= 15 is 0 Å². The van der Waals surface area contributed by atoms with Crippen molar-refractivity contribution in [2.45, 2.75) is 50.3 Å². The molecule has 8 aromatic rings. The first kappa shape index (κ1) is 63.1. The number of aryl methyl sites for hydroxylation is 4. The molecule has 27 nitrogen and oxygen atoms in total. The fourth-order valence-electron chi connectivity index (χ4n) is 7.65. The molecular weight excluding hydrogens is 1180 g/mol. The van der Waals surface area contributed by atoms with Gasteiger partial charge in [-0.3, -0.25) is 23.5 Å². The van der Waals surface area contributed by atoms with Gasteiger partial charge in [-0.25, -0.2) is 0 Å². The molecule has 8 rings (SSSR count). The number of hydrogen-bond acceptors (Lipinski definition) is 22. The number of azo groups is 4. The molecule has 0 aliphatic carbocycles. The van der Waals surface area contributed by atoms with E-state index in [0.717, 1.165) is 34.9 Å². The van der Waals surface area contributed by atoms with Gasteiger partial charge >= 0.3 is 27.2 Å². The number of anilines is 2. The van der Waals surface area contributed by atoms with E-state index < -0.39 is 69.0 Å². The molecule has 0 spiro atoms. The van der Waals surface area contributed by atoms with Gasteiger partial charge in [0.05, 0.1) is 40.5 Å². The third-order valence-corrected chi connectivity index (χ3v) is 13.4. The number of benzene rings is 8. The van der Waals surface area contributed by atoms with Gasteiger partial charge in [0.25, 0.3) is 26.1 Å². The molecule has 0 aromatic heterocycles. The van der Waals surface area contributed by atoms with Crippen LogP contribution in [0.15, 0.2) is 184 Å². The van der Waals surface area contributed by atoms with E-state index in [0.29, 0.717) is 67.4 Å². The highest BCUT2D eigenvalue weighted by Crippen LogP contribution is 2.39. The number of rotatable bonds is 16. The Morgan fingerprint density at radius 2 is 0.917 bits per heavy atom. The Balaban J connectivity index is 0.00000133. The molecule has 84 heavy (non-hydrogen) atoms. The summed E-state index contributed by atoms with van der Waals surface area (Å²) in [5, 5.41) is 61.2. The Kier molecular flexibility index (Phi) is 20.8. The van der Waals surface area contributed by atoms with E-state index in [1.807, 2.05) is 32.9 Å². The maximum atomic E-state index is 13.0. The number of nitrogens with one attached hydrogen (secondary N) is 2. The molecule has 2 amide bonds. The van der Waals surface area contributed by atoms with Crippen molar-refractivity contribution in [3.8, 4) is 5.75 Å². The summed E-state index contributed by atoms with van der Waals surface area (Å²) in [5.41, 5.74) is 7.04. The number of fused-ring (bicyclic) bond motifs is 2. The first-order valence-corrected chi connectivity index (χ1v) is 28.7. The monoisotopic (exact) mass is 1220 g/mol. The predicted molar refractivity (Wildman–Crippen MR) is 303 cm³/mol. The predicted octanol–water partition coefficient (Wildman–Crippen LogP) is 12.1. The molecule has 0 heterocycles. The van der Waals surface area contributed by atoms with E-state index in [2.05, 4.69) is 51.5 Å². The highest BCUT2D eigenvalue weighted by atomic mass is 32.2. The number of phenolic OH excluding ortho intramolecular Hbond substituents is 1. The van der Waals surface area contributed by atoms with E-state index in [-0.39, 0.29) is 40.7 Å². The summed E-state index contributed by atoms with van der Waals surface area (Å²) in [7, 11) is -15.7. The zero-order valence-electron chi connectivity index (χ0n) is 43.9. The highest BCUT2D eigenvalue weighted by Gasteiger charge is 2.21. The second-order valence-corrected chi connectivity index (χ2v) is 21.3. The first-order chi connectivity index (χ1) is 39.6. The SMILES string of the molecule is Cc1cc(N=Nc2cc(C)c(N=Nc3ccc4cc(NC(=O)c5ccc(NC(=O)CCC(=O)O)cc5)ccc4c3O)cc2C)ccc1N=Nc1ccc(N=Nc2cc3c(S(=O)(=O)O)cccc3cc2S(=O)(=O)O)c(C)c1.O=S(=O)=O.O=S(=O)=O. The lowest BCUT2D eigenvalue weighted by Crippen LogP contribution is -2.14. The summed E-state index contributed by atoms with van der Waals surface area (Å²) in [6.45, 7) is 7.28. The number of carboxylic acid groups (broad SMARTS) is 1. The van der Waals surface area contributed by atoms with Crippen molar-refractivity contribution in [3.63, 3.8) is 0 Å². The largest absolute Gasteiger partial charge is 0.505 e. The molecule has 0 saturated heterocycles. The third kappa shape index (κ3) is 17.7. The van der Waals surface area contributed by atoms with Gasteiger partial charge in [0, 0.05) is 34.1 Å². The van der Waals surface area contributed by atoms with Gasteiger partial charge in [0.15, 0.2) is 5.75 Å². The summed E-state index contributed by atoms with van der Waals surface area (Å²) >= 11 is 0. The van der Waals surface area contributed by atoms with Crippen molar-refractivity contribution in [1.29, 1.82) is 0 Å². The van der Waals surface area contributed by atoms with Gasteiger partial charge in [-0.2, -0.15) is 47.5 Å². The molecule has 0 atom stereocenters. The molecule has 31 heteroatoms. The van der Waals surface area contributed by atoms with E-state index in [9.17, 15) is 45.4 Å². The van der Waals surface area contributed by atoms with Crippen LogP contribution in [0.1, 0.15) is 45.5 Å². The van der Waals surface area contributed by atoms with Crippen LogP contribution >= 0.6 is 0 Å². The molecular formula is C53H44N10O17S4. The van der Waals surface area contributed by atoms with E-state index in [1.54, 1.807) is 85.8 Å². The maximum absolute atomic E-state index is 13.0. The van der Waals surface area contributed by atoms with Crippen LogP contribution in [0.3, 0.4) is 0 Å². The van der Waals surface area contributed by atoms with Crippen molar-refractivity contribution in [2.75, 3.05) is 10.6 Å². The van der Waals surface area contributed by atoms with Crippen LogP contribution in [0, 0.1) is 27.7 Å². The van der Waals surface area contributed by atoms with Crippen molar-refractivity contribution in [2.24, 2.45) is 40.9 Å². The molecule has 432 valence electrons. The van der Waals surface area contributed by atoms with Crippen LogP contribution in [0.25, 0.3) is 21.5 Å². The quantitative estimate of drug-likeness (QED) is 0.0386. The van der Waals surface area contributed by atoms with Crippen molar-refractivity contribution in [3.05, 3.63) is 161 Å². The highest BCUT2D eigenvalue weighted by molar-refractivity contribution is 7.86. The van der Waals surface area contributed by atoms with Crippen LogP contribution < -0.4 is 10.6 Å². The van der Waals surface area contributed by atoms with Crippen LogP contribution in [-0.4, -0.2) is 79.2 Å². The number of carboxylic acids is 1. The Morgan fingerprint density at radius 1 is 0.452 bits per heavy atom. The van der Waals surface area contributed by atoms with Crippen molar-refractivity contribution >= 4 is 138 Å². The maximum Gasteiger partial charge on any atom is 0.425 e. The Labute approximate surface area is 479 Å². The zero-order chi connectivity index (χ0) is 61.6. The molecule has 8 aromatic carbocycles. The van der Waals surface area contributed by atoms with Gasteiger partial charge in [0.2, 0.25) is 5.91 Å². The zero-order valence-corrected chi connectivity index (χ0v) is 47.2.